The first kappa shape index (κ1) is 17.5. The van der Waals surface area contributed by atoms with Crippen LogP contribution < -0.4 is 5.32 Å². The molecule has 1 amide bonds. The van der Waals surface area contributed by atoms with Gasteiger partial charge in [0.2, 0.25) is 5.91 Å². The van der Waals surface area contributed by atoms with Crippen LogP contribution in [0.5, 0.6) is 0 Å². The lowest BCUT2D eigenvalue weighted by atomic mass is 10.1. The maximum atomic E-state index is 12.4. The highest BCUT2D eigenvalue weighted by Gasteiger charge is 2.36. The van der Waals surface area contributed by atoms with Crippen LogP contribution in [-0.4, -0.2) is 29.6 Å². The van der Waals surface area contributed by atoms with Crippen molar-refractivity contribution >= 4 is 5.91 Å². The molecule has 1 fully saturated rings. The molecule has 2 atom stereocenters. The van der Waals surface area contributed by atoms with Crippen LogP contribution in [0, 0.1) is 0 Å². The number of nitrogens with one attached hydrogen (secondary N) is 1. The summed E-state index contributed by atoms with van der Waals surface area (Å²) in [5.74, 6) is 0.346. The van der Waals surface area contributed by atoms with E-state index in [1.54, 1.807) is 0 Å². The minimum Gasteiger partial charge on any atom is -0.326 e. The zero-order valence-electron chi connectivity index (χ0n) is 13.8. The first-order chi connectivity index (χ1) is 9.74. The van der Waals surface area contributed by atoms with Crippen molar-refractivity contribution in [1.29, 1.82) is 0 Å². The highest BCUT2D eigenvalue weighted by molar-refractivity contribution is 5.84. The first-order valence-corrected chi connectivity index (χ1v) is 8.81. The predicted octanol–water partition coefficient (Wildman–Crippen LogP) is 4.07. The third kappa shape index (κ3) is 5.43. The molecule has 1 aliphatic rings. The number of nitrogens with zero attached hydrogens (tertiary/aromatic N) is 1. The van der Waals surface area contributed by atoms with Crippen LogP contribution in [0.15, 0.2) is 0 Å². The summed E-state index contributed by atoms with van der Waals surface area (Å²) in [7, 11) is 0. The van der Waals surface area contributed by atoms with Gasteiger partial charge in [-0.15, -0.1) is 0 Å². The monoisotopic (exact) mass is 282 g/mol. The van der Waals surface area contributed by atoms with Gasteiger partial charge >= 0.3 is 0 Å². The second kappa shape index (κ2) is 10.2. The van der Waals surface area contributed by atoms with Crippen LogP contribution in [-0.2, 0) is 4.79 Å². The Morgan fingerprint density at radius 1 is 0.950 bits per heavy atom. The van der Waals surface area contributed by atoms with Crippen molar-refractivity contribution < 1.29 is 4.79 Å². The molecule has 1 rings (SSSR count). The lowest BCUT2D eigenvalue weighted by molar-refractivity contribution is -0.130. The van der Waals surface area contributed by atoms with Crippen molar-refractivity contribution in [2.75, 3.05) is 6.54 Å². The molecule has 1 saturated heterocycles. The Hall–Kier alpha value is -0.570. The molecule has 20 heavy (non-hydrogen) atoms. The number of amides is 1. The van der Waals surface area contributed by atoms with E-state index < -0.39 is 0 Å². The zero-order chi connectivity index (χ0) is 14.8. The summed E-state index contributed by atoms with van der Waals surface area (Å²) >= 11 is 0. The van der Waals surface area contributed by atoms with Crippen LogP contribution in [0.2, 0.25) is 0 Å². The van der Waals surface area contributed by atoms with E-state index in [9.17, 15) is 4.79 Å². The fraction of sp³-hybridized carbons (Fsp3) is 0.941. The summed E-state index contributed by atoms with van der Waals surface area (Å²) in [6, 6.07) is 0.0833. The van der Waals surface area contributed by atoms with Gasteiger partial charge in [-0.2, -0.15) is 0 Å². The van der Waals surface area contributed by atoms with Gasteiger partial charge in [-0.1, -0.05) is 65.7 Å². The Bertz CT molecular complexity index is 268. The van der Waals surface area contributed by atoms with Crippen LogP contribution in [0.1, 0.15) is 85.0 Å². The molecule has 0 saturated carbocycles. The average molecular weight is 282 g/mol. The summed E-state index contributed by atoms with van der Waals surface area (Å²) < 4.78 is 0. The lowest BCUT2D eigenvalue weighted by Crippen LogP contribution is -2.37. The van der Waals surface area contributed by atoms with Gasteiger partial charge in [0.15, 0.2) is 0 Å². The summed E-state index contributed by atoms with van der Waals surface area (Å²) in [6.45, 7) is 7.54. The molecule has 118 valence electrons. The SMILES string of the molecule is CCCCCCCCN1C(=O)C(CCCC)NC1CC. The fourth-order valence-electron chi connectivity index (χ4n) is 3.03. The van der Waals surface area contributed by atoms with E-state index in [1.165, 1.54) is 38.5 Å². The van der Waals surface area contributed by atoms with Crippen LogP contribution in [0.4, 0.5) is 0 Å². The Morgan fingerprint density at radius 2 is 1.60 bits per heavy atom. The van der Waals surface area contributed by atoms with E-state index in [2.05, 4.69) is 31.0 Å². The largest absolute Gasteiger partial charge is 0.326 e. The Labute approximate surface area is 125 Å². The van der Waals surface area contributed by atoms with E-state index in [4.69, 9.17) is 0 Å². The third-order valence-corrected chi connectivity index (χ3v) is 4.34. The number of carbonyl (C=O) groups excluding carboxylic acids is 1. The predicted molar refractivity (Wildman–Crippen MR) is 85.6 cm³/mol. The molecule has 3 heteroatoms. The molecule has 1 N–H and O–H groups in total. The quantitative estimate of drug-likeness (QED) is 0.579. The zero-order valence-corrected chi connectivity index (χ0v) is 13.8. The molecular formula is C17H34N2O. The summed E-state index contributed by atoms with van der Waals surface area (Å²) in [6.07, 6.45) is 12.3. The van der Waals surface area contributed by atoms with E-state index in [-0.39, 0.29) is 12.2 Å². The summed E-state index contributed by atoms with van der Waals surface area (Å²) in [5.41, 5.74) is 0. The van der Waals surface area contributed by atoms with Gasteiger partial charge in [0, 0.05) is 6.54 Å². The molecule has 0 aliphatic carbocycles. The van der Waals surface area contributed by atoms with Crippen molar-refractivity contribution in [2.45, 2.75) is 97.2 Å². The molecule has 0 spiro atoms. The Balaban J connectivity index is 2.29. The van der Waals surface area contributed by atoms with Gasteiger partial charge < -0.3 is 4.90 Å². The molecule has 0 aromatic carbocycles. The van der Waals surface area contributed by atoms with Gasteiger partial charge in [-0.05, 0) is 19.3 Å². The van der Waals surface area contributed by atoms with Crippen LogP contribution in [0.25, 0.3) is 0 Å². The minimum absolute atomic E-state index is 0.0833. The second-order valence-corrected chi connectivity index (χ2v) is 6.08. The van der Waals surface area contributed by atoms with E-state index in [1.807, 2.05) is 0 Å². The van der Waals surface area contributed by atoms with Crippen molar-refractivity contribution in [3.05, 3.63) is 0 Å². The molecule has 0 bridgehead atoms. The van der Waals surface area contributed by atoms with Gasteiger partial charge in [-0.3, -0.25) is 10.1 Å². The number of carbonyl (C=O) groups is 1. The molecule has 2 unspecified atom stereocenters. The summed E-state index contributed by atoms with van der Waals surface area (Å²) in [4.78, 5) is 14.5. The lowest BCUT2D eigenvalue weighted by Gasteiger charge is -2.23. The van der Waals surface area contributed by atoms with Gasteiger partial charge in [0.1, 0.15) is 0 Å². The van der Waals surface area contributed by atoms with Gasteiger partial charge in [0.05, 0.1) is 12.2 Å². The maximum absolute atomic E-state index is 12.4. The number of rotatable bonds is 11. The van der Waals surface area contributed by atoms with Crippen LogP contribution in [0.3, 0.4) is 0 Å². The van der Waals surface area contributed by atoms with E-state index >= 15 is 0 Å². The molecule has 0 radical (unpaired) electrons. The van der Waals surface area contributed by atoms with Crippen molar-refractivity contribution in [3.63, 3.8) is 0 Å². The van der Waals surface area contributed by atoms with Crippen molar-refractivity contribution in [3.8, 4) is 0 Å². The Morgan fingerprint density at radius 3 is 2.25 bits per heavy atom. The smallest absolute Gasteiger partial charge is 0.241 e. The standard InChI is InChI=1S/C17H34N2O/c1-4-7-9-10-11-12-14-19-16(6-3)18-15(17(19)20)13-8-5-2/h15-16,18H,4-14H2,1-3H3. The molecule has 1 heterocycles. The third-order valence-electron chi connectivity index (χ3n) is 4.34. The van der Waals surface area contributed by atoms with Crippen molar-refractivity contribution in [2.24, 2.45) is 0 Å². The van der Waals surface area contributed by atoms with Crippen molar-refractivity contribution in [1.82, 2.24) is 10.2 Å². The van der Waals surface area contributed by atoms with Gasteiger partial charge in [-0.25, -0.2) is 0 Å². The molecule has 3 nitrogen and oxygen atoms in total. The maximum Gasteiger partial charge on any atom is 0.241 e. The fourth-order valence-corrected chi connectivity index (χ4v) is 3.03. The normalized spacial score (nSPS) is 22.8. The van der Waals surface area contributed by atoms with Gasteiger partial charge in [0.25, 0.3) is 0 Å². The summed E-state index contributed by atoms with van der Waals surface area (Å²) in [5, 5.41) is 3.51. The molecule has 0 aromatic rings. The Kier molecular flexibility index (Phi) is 8.92. The van der Waals surface area contributed by atoms with E-state index in [0.29, 0.717) is 5.91 Å². The first-order valence-electron chi connectivity index (χ1n) is 8.81. The van der Waals surface area contributed by atoms with E-state index in [0.717, 1.165) is 32.2 Å². The van der Waals surface area contributed by atoms with Crippen LogP contribution >= 0.6 is 0 Å². The molecule has 0 aromatic heterocycles. The highest BCUT2D eigenvalue weighted by atomic mass is 16.2. The number of hydrogen-bond acceptors (Lipinski definition) is 2. The number of unbranched alkanes of at least 4 members (excludes halogenated alkanes) is 6. The highest BCUT2D eigenvalue weighted by Crippen LogP contribution is 2.18. The number of hydrogen-bond donors (Lipinski definition) is 1. The molecule has 1 aliphatic heterocycles. The average Bonchev–Trinajstić information content (AvgIpc) is 2.76. The topological polar surface area (TPSA) is 32.3 Å². The second-order valence-electron chi connectivity index (χ2n) is 6.08. The molecular weight excluding hydrogens is 248 g/mol. The minimum atomic E-state index is 0.0833.